The Kier molecular flexibility index (Phi) is 7.00. The monoisotopic (exact) mass is 825 g/mol. The molecule has 0 bridgehead atoms. The number of rotatable bonds is 4. The fourth-order valence-corrected chi connectivity index (χ4v) is 11.7. The van der Waals surface area contributed by atoms with Crippen molar-refractivity contribution in [2.24, 2.45) is 0 Å². The number of para-hydroxylation sites is 6. The summed E-state index contributed by atoms with van der Waals surface area (Å²) in [5.74, 6) is 0. The molecule has 0 fully saturated rings. The average molecular weight is 826 g/mol. The molecule has 3 aromatic heterocycles. The van der Waals surface area contributed by atoms with Crippen molar-refractivity contribution >= 4 is 106 Å². The predicted molar refractivity (Wildman–Crippen MR) is 273 cm³/mol. The molecule has 300 valence electrons. The average Bonchev–Trinajstić information content (AvgIpc) is 4.03. The summed E-state index contributed by atoms with van der Waals surface area (Å²) in [4.78, 5) is 2.62. The Morgan fingerprint density at radius 2 is 0.892 bits per heavy atom. The molecule has 15 rings (SSSR count). The van der Waals surface area contributed by atoms with Crippen LogP contribution >= 0.6 is 0 Å². The Labute approximate surface area is 374 Å². The van der Waals surface area contributed by atoms with Gasteiger partial charge in [0.05, 0.1) is 27.9 Å². The fraction of sp³-hybridized carbons (Fsp3) is 0. The van der Waals surface area contributed by atoms with Gasteiger partial charge >= 0.3 is 0 Å². The second-order valence-corrected chi connectivity index (χ2v) is 17.6. The van der Waals surface area contributed by atoms with E-state index in [1.807, 2.05) is 0 Å². The van der Waals surface area contributed by atoms with Crippen molar-refractivity contribution in [2.75, 3.05) is 4.90 Å². The van der Waals surface area contributed by atoms with Gasteiger partial charge in [0.2, 0.25) is 0 Å². The molecule has 65 heavy (non-hydrogen) atoms. The SMILES string of the molecule is c1ccc(-c2cccc(-c3ccccc3)c2N2c3cc4c(cc3B3c5c2cc(-n2c6ccccc6c6ccccc62)cc5-n2c5ccccc5c5cccc3c52)oc2ccccc24)cc1. The Morgan fingerprint density at radius 1 is 0.354 bits per heavy atom. The summed E-state index contributed by atoms with van der Waals surface area (Å²) >= 11 is 0. The van der Waals surface area contributed by atoms with E-state index in [0.717, 1.165) is 66.9 Å². The van der Waals surface area contributed by atoms with Gasteiger partial charge in [-0.05, 0) is 76.0 Å². The highest BCUT2D eigenvalue weighted by atomic mass is 16.3. The molecule has 2 aliphatic rings. The van der Waals surface area contributed by atoms with Gasteiger partial charge in [0, 0.05) is 66.0 Å². The summed E-state index contributed by atoms with van der Waals surface area (Å²) in [5.41, 5.74) is 20.8. The molecule has 0 N–H and O–H groups in total. The predicted octanol–water partition coefficient (Wildman–Crippen LogP) is 13.7. The van der Waals surface area contributed by atoms with Crippen LogP contribution in [-0.4, -0.2) is 15.8 Å². The highest BCUT2D eigenvalue weighted by molar-refractivity contribution is 7.00. The number of fused-ring (bicyclic) bond motifs is 13. The second kappa shape index (κ2) is 13.0. The lowest BCUT2D eigenvalue weighted by molar-refractivity contribution is 0.669. The minimum atomic E-state index is -0.0827. The summed E-state index contributed by atoms with van der Waals surface area (Å²) in [7, 11) is 0. The van der Waals surface area contributed by atoms with Crippen LogP contribution in [0.2, 0.25) is 0 Å². The van der Waals surface area contributed by atoms with Gasteiger partial charge in [0.1, 0.15) is 11.2 Å². The van der Waals surface area contributed by atoms with E-state index >= 15 is 0 Å². The Morgan fingerprint density at radius 3 is 1.57 bits per heavy atom. The molecule has 0 atom stereocenters. The summed E-state index contributed by atoms with van der Waals surface area (Å²) in [6.45, 7) is -0.0827. The van der Waals surface area contributed by atoms with E-state index in [0.29, 0.717) is 0 Å². The maximum Gasteiger partial charge on any atom is 0.252 e. The summed E-state index contributed by atoms with van der Waals surface area (Å²) in [6, 6.07) is 80.4. The zero-order valence-electron chi connectivity index (χ0n) is 35.1. The molecule has 0 saturated heterocycles. The van der Waals surface area contributed by atoms with E-state index in [1.165, 1.54) is 65.7 Å². The number of hydrogen-bond acceptors (Lipinski definition) is 2. The normalized spacial score (nSPS) is 12.9. The fourth-order valence-electron chi connectivity index (χ4n) is 11.7. The molecular formula is C60H36BN3O. The topological polar surface area (TPSA) is 26.2 Å². The maximum atomic E-state index is 6.79. The molecule has 0 spiro atoms. The first-order valence-corrected chi connectivity index (χ1v) is 22.5. The molecule has 13 aromatic rings. The molecule has 0 saturated carbocycles. The van der Waals surface area contributed by atoms with E-state index in [9.17, 15) is 0 Å². The lowest BCUT2D eigenvalue weighted by atomic mass is 9.33. The van der Waals surface area contributed by atoms with Crippen LogP contribution in [0.1, 0.15) is 0 Å². The third kappa shape index (κ3) is 4.71. The van der Waals surface area contributed by atoms with Gasteiger partial charge in [-0.3, -0.25) is 0 Å². The van der Waals surface area contributed by atoms with Crippen LogP contribution in [0.5, 0.6) is 0 Å². The van der Waals surface area contributed by atoms with Crippen LogP contribution < -0.4 is 21.3 Å². The van der Waals surface area contributed by atoms with Gasteiger partial charge in [-0.25, -0.2) is 0 Å². The minimum absolute atomic E-state index is 0.0827. The van der Waals surface area contributed by atoms with Gasteiger partial charge in [0.15, 0.2) is 0 Å². The van der Waals surface area contributed by atoms with Crippen molar-refractivity contribution < 1.29 is 4.42 Å². The minimum Gasteiger partial charge on any atom is -0.456 e. The number of aromatic nitrogens is 2. The molecule has 5 heterocycles. The zero-order valence-corrected chi connectivity index (χ0v) is 35.1. The first-order valence-electron chi connectivity index (χ1n) is 22.5. The highest BCUT2D eigenvalue weighted by Gasteiger charge is 2.44. The number of furan rings is 1. The molecule has 0 unspecified atom stereocenters. The molecule has 0 radical (unpaired) electrons. The standard InChI is InChI=1S/C60H36BN3O/c1-3-17-37(18-4-1)40-25-15-26-41(38-19-5-2-6-20-38)59(40)64-53-35-47-45-24-10-14-32-56(45)65-57(47)36-49(53)61-48-28-16-27-46-44-23-9-13-31-52(44)63(60(46)48)54-33-39(34-55(64)58(54)61)62-50-29-11-7-21-42(50)43-22-8-12-30-51(43)62/h1-36H. The first kappa shape index (κ1) is 35.0. The lowest BCUT2D eigenvalue weighted by Crippen LogP contribution is -2.60. The Hall–Kier alpha value is -8.54. The number of nitrogens with zero attached hydrogens (tertiary/aromatic N) is 3. The van der Waals surface area contributed by atoms with Crippen LogP contribution in [0.25, 0.3) is 99.2 Å². The van der Waals surface area contributed by atoms with E-state index in [-0.39, 0.29) is 6.71 Å². The largest absolute Gasteiger partial charge is 0.456 e. The molecule has 10 aromatic carbocycles. The molecular weight excluding hydrogens is 789 g/mol. The van der Waals surface area contributed by atoms with Gasteiger partial charge in [-0.1, -0.05) is 170 Å². The smallest absolute Gasteiger partial charge is 0.252 e. The van der Waals surface area contributed by atoms with Crippen molar-refractivity contribution in [1.82, 2.24) is 9.13 Å². The molecule has 4 nitrogen and oxygen atoms in total. The van der Waals surface area contributed by atoms with Crippen LogP contribution in [0.3, 0.4) is 0 Å². The van der Waals surface area contributed by atoms with E-state index in [2.05, 4.69) is 232 Å². The molecule has 0 aliphatic carbocycles. The lowest BCUT2D eigenvalue weighted by Gasteiger charge is -2.42. The van der Waals surface area contributed by atoms with Crippen LogP contribution in [-0.2, 0) is 0 Å². The Balaban J connectivity index is 1.17. The van der Waals surface area contributed by atoms with Crippen molar-refractivity contribution in [3.63, 3.8) is 0 Å². The van der Waals surface area contributed by atoms with Crippen LogP contribution in [0, 0.1) is 0 Å². The van der Waals surface area contributed by atoms with Gasteiger partial charge < -0.3 is 18.5 Å². The maximum absolute atomic E-state index is 6.79. The molecule has 5 heteroatoms. The Bertz CT molecular complexity index is 4030. The van der Waals surface area contributed by atoms with E-state index in [4.69, 9.17) is 4.42 Å². The zero-order chi connectivity index (χ0) is 42.3. The van der Waals surface area contributed by atoms with Gasteiger partial charge in [-0.2, -0.15) is 0 Å². The molecule has 0 amide bonds. The second-order valence-electron chi connectivity index (χ2n) is 17.6. The number of hydrogen-bond donors (Lipinski definition) is 0. The summed E-state index contributed by atoms with van der Waals surface area (Å²) in [6.07, 6.45) is 0. The highest BCUT2D eigenvalue weighted by Crippen LogP contribution is 2.50. The van der Waals surface area contributed by atoms with Crippen LogP contribution in [0.15, 0.2) is 223 Å². The van der Waals surface area contributed by atoms with Gasteiger partial charge in [-0.15, -0.1) is 0 Å². The number of anilines is 3. The first-order chi connectivity index (χ1) is 32.3. The van der Waals surface area contributed by atoms with E-state index < -0.39 is 0 Å². The van der Waals surface area contributed by atoms with Crippen LogP contribution in [0.4, 0.5) is 17.1 Å². The van der Waals surface area contributed by atoms with E-state index in [1.54, 1.807) is 0 Å². The third-order valence-corrected chi connectivity index (χ3v) is 14.3. The quantitative estimate of drug-likeness (QED) is 0.165. The van der Waals surface area contributed by atoms with Crippen molar-refractivity contribution in [1.29, 1.82) is 0 Å². The third-order valence-electron chi connectivity index (χ3n) is 14.3. The van der Waals surface area contributed by atoms with Crippen molar-refractivity contribution in [3.8, 4) is 33.6 Å². The summed E-state index contributed by atoms with van der Waals surface area (Å²) in [5, 5.41) is 7.22. The van der Waals surface area contributed by atoms with Crippen molar-refractivity contribution in [3.05, 3.63) is 218 Å². The van der Waals surface area contributed by atoms with Crippen molar-refractivity contribution in [2.45, 2.75) is 0 Å². The molecule has 2 aliphatic heterocycles. The van der Waals surface area contributed by atoms with Gasteiger partial charge in [0.25, 0.3) is 6.71 Å². The number of benzene rings is 10. The summed E-state index contributed by atoms with van der Waals surface area (Å²) < 4.78 is 11.8.